The summed E-state index contributed by atoms with van der Waals surface area (Å²) in [6.45, 7) is 8.74. The molecular formula is C15H28F2O2S. The fourth-order valence-electron chi connectivity index (χ4n) is 1.73. The molecule has 2 nitrogen and oxygen atoms in total. The Labute approximate surface area is 126 Å². The van der Waals surface area contributed by atoms with Crippen LogP contribution in [0.4, 0.5) is 8.78 Å². The monoisotopic (exact) mass is 310 g/mol. The molecule has 5 heteroatoms. The number of esters is 1. The molecule has 0 heterocycles. The SMILES string of the molecule is CC(C)CC(SCCCCC(C)(F)F)C(=O)OC(C)C. The van der Waals surface area contributed by atoms with Crippen LogP contribution in [0.5, 0.6) is 0 Å². The second kappa shape index (κ2) is 9.59. The van der Waals surface area contributed by atoms with Crippen molar-refractivity contribution >= 4 is 17.7 Å². The van der Waals surface area contributed by atoms with Gasteiger partial charge >= 0.3 is 5.97 Å². The van der Waals surface area contributed by atoms with E-state index < -0.39 is 5.92 Å². The minimum absolute atomic E-state index is 0.0845. The number of hydrogen-bond acceptors (Lipinski definition) is 3. The average Bonchev–Trinajstić information content (AvgIpc) is 2.23. The normalized spacial score (nSPS) is 13.8. The van der Waals surface area contributed by atoms with E-state index in [-0.39, 0.29) is 23.7 Å². The molecule has 1 unspecified atom stereocenters. The number of carbonyl (C=O) groups excluding carboxylic acids is 1. The van der Waals surface area contributed by atoms with Crippen molar-refractivity contribution in [2.75, 3.05) is 5.75 Å². The third kappa shape index (κ3) is 11.5. The Balaban J connectivity index is 4.08. The lowest BCUT2D eigenvalue weighted by Crippen LogP contribution is -2.25. The van der Waals surface area contributed by atoms with E-state index in [1.54, 1.807) is 0 Å². The molecule has 0 aliphatic carbocycles. The van der Waals surface area contributed by atoms with Crippen LogP contribution >= 0.6 is 11.8 Å². The first kappa shape index (κ1) is 19.7. The number of halogens is 2. The van der Waals surface area contributed by atoms with Crippen molar-refractivity contribution in [2.24, 2.45) is 5.92 Å². The zero-order chi connectivity index (χ0) is 15.8. The lowest BCUT2D eigenvalue weighted by Gasteiger charge is -2.19. The molecule has 0 amide bonds. The van der Waals surface area contributed by atoms with Crippen molar-refractivity contribution in [2.45, 2.75) is 77.6 Å². The number of thioether (sulfide) groups is 1. The molecule has 0 spiro atoms. The van der Waals surface area contributed by atoms with Gasteiger partial charge in [-0.1, -0.05) is 13.8 Å². The van der Waals surface area contributed by atoms with E-state index in [0.29, 0.717) is 18.8 Å². The second-order valence-corrected chi connectivity index (χ2v) is 7.31. The molecule has 0 saturated heterocycles. The van der Waals surface area contributed by atoms with Crippen molar-refractivity contribution in [3.8, 4) is 0 Å². The Kier molecular flexibility index (Phi) is 9.43. The van der Waals surface area contributed by atoms with Gasteiger partial charge in [0, 0.05) is 6.42 Å². The predicted octanol–water partition coefficient (Wildman–Crippen LogP) is 4.91. The molecule has 0 rings (SSSR count). The van der Waals surface area contributed by atoms with Crippen LogP contribution in [0.3, 0.4) is 0 Å². The van der Waals surface area contributed by atoms with Gasteiger partial charge in [0.2, 0.25) is 5.92 Å². The highest BCUT2D eigenvalue weighted by atomic mass is 32.2. The summed E-state index contributed by atoms with van der Waals surface area (Å²) in [5.74, 6) is -1.63. The molecule has 1 atom stereocenters. The fraction of sp³-hybridized carbons (Fsp3) is 0.933. The minimum atomic E-state index is -2.58. The maximum absolute atomic E-state index is 12.7. The molecule has 0 radical (unpaired) electrons. The van der Waals surface area contributed by atoms with Crippen molar-refractivity contribution < 1.29 is 18.3 Å². The van der Waals surface area contributed by atoms with E-state index in [9.17, 15) is 13.6 Å². The summed E-state index contributed by atoms with van der Waals surface area (Å²) in [5.41, 5.74) is 0. The highest BCUT2D eigenvalue weighted by Gasteiger charge is 2.23. The maximum Gasteiger partial charge on any atom is 0.319 e. The Morgan fingerprint density at radius 2 is 1.80 bits per heavy atom. The molecule has 0 aromatic heterocycles. The van der Waals surface area contributed by atoms with Gasteiger partial charge in [-0.2, -0.15) is 0 Å². The summed E-state index contributed by atoms with van der Waals surface area (Å²) in [5, 5.41) is -0.181. The number of ether oxygens (including phenoxy) is 1. The Hall–Kier alpha value is -0.320. The summed E-state index contributed by atoms with van der Waals surface area (Å²) in [4.78, 5) is 11.9. The standard InChI is InChI=1S/C15H28F2O2S/c1-11(2)10-13(14(18)19-12(3)4)20-9-7-6-8-15(5,16)17/h11-13H,6-10H2,1-5H3. The van der Waals surface area contributed by atoms with E-state index in [1.807, 2.05) is 13.8 Å². The van der Waals surface area contributed by atoms with Gasteiger partial charge < -0.3 is 4.74 Å². The third-order valence-electron chi connectivity index (χ3n) is 2.63. The molecule has 0 aliphatic heterocycles. The van der Waals surface area contributed by atoms with Gasteiger partial charge in [-0.25, -0.2) is 8.78 Å². The van der Waals surface area contributed by atoms with Crippen molar-refractivity contribution in [3.63, 3.8) is 0 Å². The second-order valence-electron chi connectivity index (χ2n) is 6.00. The van der Waals surface area contributed by atoms with E-state index in [4.69, 9.17) is 4.74 Å². The van der Waals surface area contributed by atoms with E-state index in [1.165, 1.54) is 11.8 Å². The topological polar surface area (TPSA) is 26.3 Å². The van der Waals surface area contributed by atoms with Crippen LogP contribution in [-0.4, -0.2) is 29.0 Å². The fourth-order valence-corrected chi connectivity index (χ4v) is 3.10. The van der Waals surface area contributed by atoms with Crippen LogP contribution in [0.2, 0.25) is 0 Å². The average molecular weight is 310 g/mol. The predicted molar refractivity (Wildman–Crippen MR) is 81.4 cm³/mol. The number of hydrogen-bond donors (Lipinski definition) is 0. The Morgan fingerprint density at radius 1 is 1.20 bits per heavy atom. The molecule has 0 aromatic carbocycles. The number of carbonyl (C=O) groups is 1. The first-order valence-electron chi connectivity index (χ1n) is 7.31. The number of alkyl halides is 2. The molecule has 0 fully saturated rings. The van der Waals surface area contributed by atoms with Crippen LogP contribution in [0, 0.1) is 5.92 Å². The van der Waals surface area contributed by atoms with Crippen LogP contribution in [0.25, 0.3) is 0 Å². The summed E-state index contributed by atoms with van der Waals surface area (Å²) in [6.07, 6.45) is 1.76. The molecule has 20 heavy (non-hydrogen) atoms. The summed E-state index contributed by atoms with van der Waals surface area (Å²) < 4.78 is 30.6. The Morgan fingerprint density at radius 3 is 2.25 bits per heavy atom. The molecule has 0 bridgehead atoms. The summed E-state index contributed by atoms with van der Waals surface area (Å²) in [6, 6.07) is 0. The van der Waals surface area contributed by atoms with Gasteiger partial charge in [-0.3, -0.25) is 4.79 Å². The van der Waals surface area contributed by atoms with Crippen LogP contribution in [0.1, 0.15) is 60.3 Å². The summed E-state index contributed by atoms with van der Waals surface area (Å²) in [7, 11) is 0. The maximum atomic E-state index is 12.7. The lowest BCUT2D eigenvalue weighted by atomic mass is 10.1. The smallest absolute Gasteiger partial charge is 0.319 e. The van der Waals surface area contributed by atoms with Crippen molar-refractivity contribution in [1.82, 2.24) is 0 Å². The van der Waals surface area contributed by atoms with Gasteiger partial charge in [-0.05, 0) is 51.7 Å². The third-order valence-corrected chi connectivity index (χ3v) is 3.94. The summed E-state index contributed by atoms with van der Waals surface area (Å²) >= 11 is 1.53. The molecule has 0 N–H and O–H groups in total. The molecule has 0 saturated carbocycles. The first-order chi connectivity index (χ1) is 9.11. The van der Waals surface area contributed by atoms with E-state index in [0.717, 1.165) is 19.1 Å². The zero-order valence-corrected chi connectivity index (χ0v) is 14.1. The van der Waals surface area contributed by atoms with Crippen molar-refractivity contribution in [1.29, 1.82) is 0 Å². The van der Waals surface area contributed by atoms with E-state index in [2.05, 4.69) is 13.8 Å². The number of unbranched alkanes of at least 4 members (excludes halogenated alkanes) is 1. The van der Waals surface area contributed by atoms with Gasteiger partial charge in [0.25, 0.3) is 0 Å². The van der Waals surface area contributed by atoms with Gasteiger partial charge in [-0.15, -0.1) is 11.8 Å². The lowest BCUT2D eigenvalue weighted by molar-refractivity contribution is -0.147. The van der Waals surface area contributed by atoms with Gasteiger partial charge in [0.1, 0.15) is 5.25 Å². The van der Waals surface area contributed by atoms with Crippen molar-refractivity contribution in [3.05, 3.63) is 0 Å². The minimum Gasteiger partial charge on any atom is -0.462 e. The van der Waals surface area contributed by atoms with Gasteiger partial charge in [0.05, 0.1) is 6.10 Å². The highest BCUT2D eigenvalue weighted by molar-refractivity contribution is 8.00. The largest absolute Gasteiger partial charge is 0.462 e. The first-order valence-corrected chi connectivity index (χ1v) is 8.36. The van der Waals surface area contributed by atoms with Crippen LogP contribution < -0.4 is 0 Å². The van der Waals surface area contributed by atoms with Crippen LogP contribution in [0.15, 0.2) is 0 Å². The quantitative estimate of drug-likeness (QED) is 0.423. The number of rotatable bonds is 10. The zero-order valence-electron chi connectivity index (χ0n) is 13.2. The van der Waals surface area contributed by atoms with Gasteiger partial charge in [0.15, 0.2) is 0 Å². The molecule has 0 aromatic rings. The van der Waals surface area contributed by atoms with E-state index >= 15 is 0 Å². The molecular weight excluding hydrogens is 282 g/mol. The highest BCUT2D eigenvalue weighted by Crippen LogP contribution is 2.25. The molecule has 0 aliphatic rings. The molecule has 120 valence electrons. The van der Waals surface area contributed by atoms with Crippen LogP contribution in [-0.2, 0) is 9.53 Å². The Bertz CT molecular complexity index is 276.